The van der Waals surface area contributed by atoms with Crippen molar-refractivity contribution in [2.45, 2.75) is 38.6 Å². The van der Waals surface area contributed by atoms with Crippen molar-refractivity contribution < 1.29 is 9.53 Å². The highest BCUT2D eigenvalue weighted by molar-refractivity contribution is 5.79. The number of hydrogen-bond acceptors (Lipinski definition) is 3. The van der Waals surface area contributed by atoms with Crippen molar-refractivity contribution >= 4 is 5.91 Å². The van der Waals surface area contributed by atoms with Gasteiger partial charge in [-0.1, -0.05) is 13.3 Å². The van der Waals surface area contributed by atoms with Crippen LogP contribution in [-0.2, 0) is 9.53 Å². The fourth-order valence-corrected chi connectivity index (χ4v) is 2.95. The van der Waals surface area contributed by atoms with Gasteiger partial charge in [-0.2, -0.15) is 0 Å². The Bertz CT molecular complexity index is 270. The highest BCUT2D eigenvalue weighted by Gasteiger charge is 2.30. The second-order valence-electron chi connectivity index (χ2n) is 5.55. The molecule has 2 aliphatic rings. The van der Waals surface area contributed by atoms with Crippen LogP contribution >= 0.6 is 0 Å². The maximum Gasteiger partial charge on any atom is 0.223 e. The van der Waals surface area contributed by atoms with Crippen LogP contribution in [0.5, 0.6) is 0 Å². The lowest BCUT2D eigenvalue weighted by atomic mass is 9.89. The van der Waals surface area contributed by atoms with Crippen molar-refractivity contribution in [1.29, 1.82) is 0 Å². The molecule has 2 rings (SSSR count). The average Bonchev–Trinajstić information content (AvgIpc) is 2.72. The number of amides is 1. The standard InChI is InChI=1S/C13H24N2O2/c1-9-8-17-6-5-11(9)13(16)15-7-10-3-2-4-12(10)14/h9-12H,2-8,14H2,1H3,(H,15,16). The molecule has 2 fully saturated rings. The van der Waals surface area contributed by atoms with Gasteiger partial charge in [0.05, 0.1) is 0 Å². The molecule has 1 heterocycles. The first-order valence-corrected chi connectivity index (χ1v) is 6.79. The van der Waals surface area contributed by atoms with Gasteiger partial charge in [0.2, 0.25) is 5.91 Å². The Morgan fingerprint density at radius 2 is 2.24 bits per heavy atom. The van der Waals surface area contributed by atoms with Gasteiger partial charge in [0.25, 0.3) is 0 Å². The van der Waals surface area contributed by atoms with E-state index in [1.165, 1.54) is 6.42 Å². The number of hydrogen-bond donors (Lipinski definition) is 2. The largest absolute Gasteiger partial charge is 0.381 e. The van der Waals surface area contributed by atoms with Crippen molar-refractivity contribution in [2.24, 2.45) is 23.5 Å². The summed E-state index contributed by atoms with van der Waals surface area (Å²) in [6, 6.07) is 0.280. The number of rotatable bonds is 3. The third kappa shape index (κ3) is 3.19. The number of nitrogens with one attached hydrogen (secondary N) is 1. The number of ether oxygens (including phenoxy) is 1. The number of carbonyl (C=O) groups is 1. The van der Waals surface area contributed by atoms with Crippen LogP contribution in [0.4, 0.5) is 0 Å². The van der Waals surface area contributed by atoms with Crippen LogP contribution in [0.1, 0.15) is 32.6 Å². The molecule has 4 nitrogen and oxygen atoms in total. The van der Waals surface area contributed by atoms with E-state index in [9.17, 15) is 4.79 Å². The Labute approximate surface area is 103 Å². The minimum absolute atomic E-state index is 0.126. The van der Waals surface area contributed by atoms with Crippen molar-refractivity contribution in [1.82, 2.24) is 5.32 Å². The zero-order valence-corrected chi connectivity index (χ0v) is 10.7. The summed E-state index contributed by atoms with van der Waals surface area (Å²) in [4.78, 5) is 12.1. The van der Waals surface area contributed by atoms with Crippen molar-refractivity contribution in [3.8, 4) is 0 Å². The summed E-state index contributed by atoms with van der Waals surface area (Å²) in [6.45, 7) is 4.27. The molecule has 98 valence electrons. The first-order valence-electron chi connectivity index (χ1n) is 6.79. The van der Waals surface area contributed by atoms with Gasteiger partial charge in [-0.3, -0.25) is 4.79 Å². The van der Waals surface area contributed by atoms with Gasteiger partial charge in [-0.05, 0) is 31.1 Å². The van der Waals surface area contributed by atoms with Crippen LogP contribution in [0.15, 0.2) is 0 Å². The van der Waals surface area contributed by atoms with E-state index in [4.69, 9.17) is 10.5 Å². The third-order valence-corrected chi connectivity index (χ3v) is 4.23. The lowest BCUT2D eigenvalue weighted by Crippen LogP contribution is -2.42. The normalized spacial score (nSPS) is 38.0. The second kappa shape index (κ2) is 5.83. The molecule has 0 aromatic rings. The maximum atomic E-state index is 12.1. The minimum atomic E-state index is 0.126. The molecular formula is C13H24N2O2. The van der Waals surface area contributed by atoms with E-state index in [0.29, 0.717) is 25.0 Å². The van der Waals surface area contributed by atoms with E-state index in [1.54, 1.807) is 0 Å². The SMILES string of the molecule is CC1COCCC1C(=O)NCC1CCCC1N. The summed E-state index contributed by atoms with van der Waals surface area (Å²) < 4.78 is 5.36. The van der Waals surface area contributed by atoms with Crippen LogP contribution in [0.3, 0.4) is 0 Å². The van der Waals surface area contributed by atoms with E-state index in [1.807, 2.05) is 0 Å². The first kappa shape index (κ1) is 12.8. The van der Waals surface area contributed by atoms with Gasteiger partial charge in [-0.15, -0.1) is 0 Å². The Morgan fingerprint density at radius 3 is 2.88 bits per heavy atom. The molecule has 1 aliphatic heterocycles. The Balaban J connectivity index is 1.76. The molecule has 0 aromatic carbocycles. The summed E-state index contributed by atoms with van der Waals surface area (Å²) >= 11 is 0. The van der Waals surface area contributed by atoms with Gasteiger partial charge < -0.3 is 15.8 Å². The molecular weight excluding hydrogens is 216 g/mol. The summed E-state index contributed by atoms with van der Waals surface area (Å²) in [5.41, 5.74) is 6.00. The van der Waals surface area contributed by atoms with Crippen LogP contribution in [0.25, 0.3) is 0 Å². The van der Waals surface area contributed by atoms with Crippen LogP contribution in [0.2, 0.25) is 0 Å². The first-order chi connectivity index (χ1) is 8.18. The molecule has 1 saturated heterocycles. The minimum Gasteiger partial charge on any atom is -0.381 e. The highest BCUT2D eigenvalue weighted by Crippen LogP contribution is 2.24. The van der Waals surface area contributed by atoms with Crippen molar-refractivity contribution in [3.63, 3.8) is 0 Å². The smallest absolute Gasteiger partial charge is 0.223 e. The molecule has 1 saturated carbocycles. The molecule has 1 aliphatic carbocycles. The molecule has 4 atom stereocenters. The monoisotopic (exact) mass is 240 g/mol. The average molecular weight is 240 g/mol. The quantitative estimate of drug-likeness (QED) is 0.770. The number of nitrogens with two attached hydrogens (primary N) is 1. The Morgan fingerprint density at radius 1 is 1.41 bits per heavy atom. The molecule has 4 heteroatoms. The zero-order chi connectivity index (χ0) is 12.3. The van der Waals surface area contributed by atoms with Crippen molar-refractivity contribution in [2.75, 3.05) is 19.8 Å². The van der Waals surface area contributed by atoms with Crippen LogP contribution < -0.4 is 11.1 Å². The fraction of sp³-hybridized carbons (Fsp3) is 0.923. The maximum absolute atomic E-state index is 12.1. The predicted molar refractivity (Wildman–Crippen MR) is 66.4 cm³/mol. The van der Waals surface area contributed by atoms with Crippen molar-refractivity contribution in [3.05, 3.63) is 0 Å². The summed E-state index contributed by atoms with van der Waals surface area (Å²) in [6.07, 6.45) is 4.32. The summed E-state index contributed by atoms with van der Waals surface area (Å²) in [5.74, 6) is 1.14. The summed E-state index contributed by atoms with van der Waals surface area (Å²) in [7, 11) is 0. The Kier molecular flexibility index (Phi) is 4.40. The molecule has 0 radical (unpaired) electrons. The third-order valence-electron chi connectivity index (χ3n) is 4.23. The predicted octanol–water partition coefficient (Wildman–Crippen LogP) is 0.903. The van der Waals surface area contributed by atoms with Crippen LogP contribution in [-0.4, -0.2) is 31.7 Å². The van der Waals surface area contributed by atoms with Crippen LogP contribution in [0, 0.1) is 17.8 Å². The van der Waals surface area contributed by atoms with E-state index in [-0.39, 0.29) is 17.9 Å². The van der Waals surface area contributed by atoms with Gasteiger partial charge in [0.1, 0.15) is 0 Å². The lowest BCUT2D eigenvalue weighted by molar-refractivity contribution is -0.130. The van der Waals surface area contributed by atoms with E-state index < -0.39 is 0 Å². The fourth-order valence-electron chi connectivity index (χ4n) is 2.95. The number of carbonyl (C=O) groups excluding carboxylic acids is 1. The Hall–Kier alpha value is -0.610. The highest BCUT2D eigenvalue weighted by atomic mass is 16.5. The molecule has 0 spiro atoms. The molecule has 0 aromatic heterocycles. The molecule has 0 bridgehead atoms. The van der Waals surface area contributed by atoms with Gasteiger partial charge in [-0.25, -0.2) is 0 Å². The second-order valence-corrected chi connectivity index (χ2v) is 5.55. The molecule has 4 unspecified atom stereocenters. The molecule has 3 N–H and O–H groups in total. The molecule has 17 heavy (non-hydrogen) atoms. The van der Waals surface area contributed by atoms with E-state index in [0.717, 1.165) is 25.8 Å². The van der Waals surface area contributed by atoms with E-state index in [2.05, 4.69) is 12.2 Å². The van der Waals surface area contributed by atoms with Gasteiger partial charge in [0.15, 0.2) is 0 Å². The summed E-state index contributed by atoms with van der Waals surface area (Å²) in [5, 5.41) is 3.08. The van der Waals surface area contributed by atoms with Gasteiger partial charge >= 0.3 is 0 Å². The lowest BCUT2D eigenvalue weighted by Gasteiger charge is -2.28. The van der Waals surface area contributed by atoms with Gasteiger partial charge in [0, 0.05) is 31.7 Å². The molecule has 1 amide bonds. The topological polar surface area (TPSA) is 64.3 Å². The zero-order valence-electron chi connectivity index (χ0n) is 10.7. The van der Waals surface area contributed by atoms with E-state index >= 15 is 0 Å².